The molecule has 0 radical (unpaired) electrons. The normalized spacial score (nSPS) is 9.40. The number of methoxy groups -OCH3 is 1. The largest absolute Gasteiger partial charge is 0.497 e. The highest BCUT2D eigenvalue weighted by Gasteiger charge is 2.05. The van der Waals surface area contributed by atoms with Crippen molar-refractivity contribution >= 4 is 17.3 Å². The molecule has 0 spiro atoms. The lowest BCUT2D eigenvalue weighted by Gasteiger charge is -2.14. The maximum absolute atomic E-state index is 6.88. The fourth-order valence-electron chi connectivity index (χ4n) is 1.07. The predicted molar refractivity (Wildman–Crippen MR) is 60.5 cm³/mol. The molecule has 1 aromatic rings. The zero-order chi connectivity index (χ0) is 11.3. The van der Waals surface area contributed by atoms with Gasteiger partial charge in [-0.15, -0.1) is 0 Å². The summed E-state index contributed by atoms with van der Waals surface area (Å²) in [6, 6.07) is 7.40. The highest BCUT2D eigenvalue weighted by Crippen LogP contribution is 2.12. The van der Waals surface area contributed by atoms with Crippen LogP contribution in [0, 0.1) is 5.53 Å². The second-order valence-electron chi connectivity index (χ2n) is 2.84. The Hall–Kier alpha value is -1.69. The molecule has 0 atom stereocenters. The van der Waals surface area contributed by atoms with E-state index in [4.69, 9.17) is 28.2 Å². The zero-order valence-corrected chi connectivity index (χ0v) is 9.12. The smallest absolute Gasteiger partial charge is 0.188 e. The maximum Gasteiger partial charge on any atom is 0.188 e. The molecule has 6 heteroatoms. The maximum atomic E-state index is 6.88. The molecule has 0 saturated heterocycles. The first-order chi connectivity index (χ1) is 7.17. The third-order valence-corrected chi connectivity index (χ3v) is 2.08. The van der Waals surface area contributed by atoms with E-state index in [1.165, 1.54) is 5.01 Å². The second kappa shape index (κ2) is 5.26. The number of thiocarbonyl (C=S) groups is 1. The quantitative estimate of drug-likeness (QED) is 0.463. The molecule has 1 aromatic carbocycles. The van der Waals surface area contributed by atoms with Gasteiger partial charge >= 0.3 is 0 Å². The minimum Gasteiger partial charge on any atom is -0.497 e. The molecule has 1 rings (SSSR count). The van der Waals surface area contributed by atoms with Gasteiger partial charge in [-0.2, -0.15) is 5.53 Å². The monoisotopic (exact) mass is 224 g/mol. The summed E-state index contributed by atoms with van der Waals surface area (Å²) in [6.45, 7) is 0.392. The Labute approximate surface area is 93.3 Å². The summed E-state index contributed by atoms with van der Waals surface area (Å²) in [5.41, 5.74) is 13.2. The molecule has 0 aliphatic rings. The number of benzene rings is 1. The van der Waals surface area contributed by atoms with E-state index >= 15 is 0 Å². The van der Waals surface area contributed by atoms with Crippen LogP contribution in [0.2, 0.25) is 0 Å². The molecule has 0 saturated carbocycles. The summed E-state index contributed by atoms with van der Waals surface area (Å²) in [7, 11) is 1.61. The van der Waals surface area contributed by atoms with Crippen LogP contribution >= 0.6 is 12.2 Å². The van der Waals surface area contributed by atoms with E-state index in [9.17, 15) is 0 Å². The minimum atomic E-state index is 0.0841. The number of rotatable bonds is 4. The molecule has 15 heavy (non-hydrogen) atoms. The lowest BCUT2D eigenvalue weighted by molar-refractivity contribution is 0.398. The van der Waals surface area contributed by atoms with E-state index in [1.54, 1.807) is 7.11 Å². The van der Waals surface area contributed by atoms with Crippen LogP contribution in [0.1, 0.15) is 5.56 Å². The van der Waals surface area contributed by atoms with Gasteiger partial charge in [0.05, 0.1) is 13.7 Å². The van der Waals surface area contributed by atoms with Crippen molar-refractivity contribution < 1.29 is 4.74 Å². The van der Waals surface area contributed by atoms with Crippen LogP contribution in [0.4, 0.5) is 0 Å². The molecular weight excluding hydrogens is 212 g/mol. The third-order valence-electron chi connectivity index (χ3n) is 1.87. The van der Waals surface area contributed by atoms with Crippen molar-refractivity contribution in [2.45, 2.75) is 6.54 Å². The summed E-state index contributed by atoms with van der Waals surface area (Å²) < 4.78 is 5.02. The van der Waals surface area contributed by atoms with Crippen molar-refractivity contribution in [3.63, 3.8) is 0 Å². The number of hydrogen-bond donors (Lipinski definition) is 2. The first-order valence-corrected chi connectivity index (χ1v) is 4.65. The fraction of sp³-hybridized carbons (Fsp3) is 0.222. The average Bonchev–Trinajstić information content (AvgIpc) is 2.26. The molecule has 3 N–H and O–H groups in total. The molecular formula is C9H12N4OS. The van der Waals surface area contributed by atoms with Gasteiger partial charge in [0.25, 0.3) is 0 Å². The first kappa shape index (κ1) is 11.4. The fourth-order valence-corrected chi connectivity index (χ4v) is 1.17. The van der Waals surface area contributed by atoms with Gasteiger partial charge in [0.1, 0.15) is 5.75 Å². The molecule has 0 unspecified atom stereocenters. The van der Waals surface area contributed by atoms with Crippen LogP contribution in [0.5, 0.6) is 5.75 Å². The SMILES string of the molecule is COc1ccc(CN(N=N)C(N)=S)cc1. The number of nitrogens with two attached hydrogens (primary N) is 1. The van der Waals surface area contributed by atoms with E-state index in [0.717, 1.165) is 11.3 Å². The van der Waals surface area contributed by atoms with Gasteiger partial charge in [-0.3, -0.25) is 0 Å². The minimum absolute atomic E-state index is 0.0841. The third kappa shape index (κ3) is 3.17. The Bertz CT molecular complexity index is 352. The van der Waals surface area contributed by atoms with Crippen molar-refractivity contribution in [3.8, 4) is 5.75 Å². The van der Waals surface area contributed by atoms with Gasteiger partial charge in [-0.25, -0.2) is 5.01 Å². The first-order valence-electron chi connectivity index (χ1n) is 4.24. The van der Waals surface area contributed by atoms with Crippen LogP contribution in [0.15, 0.2) is 29.5 Å². The molecule has 0 aromatic heterocycles. The topological polar surface area (TPSA) is 74.7 Å². The van der Waals surface area contributed by atoms with Gasteiger partial charge in [0.2, 0.25) is 0 Å². The Balaban J connectivity index is 2.71. The lowest BCUT2D eigenvalue weighted by atomic mass is 10.2. The van der Waals surface area contributed by atoms with Crippen LogP contribution in [-0.4, -0.2) is 17.2 Å². The van der Waals surface area contributed by atoms with Crippen LogP contribution < -0.4 is 10.5 Å². The molecule has 80 valence electrons. The van der Waals surface area contributed by atoms with Crippen molar-refractivity contribution in [1.82, 2.24) is 5.01 Å². The van der Waals surface area contributed by atoms with Crippen molar-refractivity contribution in [3.05, 3.63) is 29.8 Å². The van der Waals surface area contributed by atoms with Gasteiger partial charge < -0.3 is 10.5 Å². The van der Waals surface area contributed by atoms with Crippen molar-refractivity contribution in [2.24, 2.45) is 11.0 Å². The van der Waals surface area contributed by atoms with Crippen LogP contribution in [0.3, 0.4) is 0 Å². The number of nitrogens with zero attached hydrogens (tertiary/aromatic N) is 2. The Morgan fingerprint density at radius 1 is 1.53 bits per heavy atom. The molecule has 0 heterocycles. The number of hydrogen-bond acceptors (Lipinski definition) is 4. The number of nitrogens with one attached hydrogen (secondary N) is 1. The van der Waals surface area contributed by atoms with E-state index in [1.807, 2.05) is 24.3 Å². The summed E-state index contributed by atoms with van der Waals surface area (Å²) in [5.74, 6) is 0.781. The summed E-state index contributed by atoms with van der Waals surface area (Å²) >= 11 is 4.73. The van der Waals surface area contributed by atoms with E-state index in [0.29, 0.717) is 6.54 Å². The Kier molecular flexibility index (Phi) is 3.99. The van der Waals surface area contributed by atoms with E-state index < -0.39 is 0 Å². The summed E-state index contributed by atoms with van der Waals surface area (Å²) in [6.07, 6.45) is 0. The Morgan fingerprint density at radius 2 is 2.13 bits per heavy atom. The molecule has 0 fully saturated rings. The van der Waals surface area contributed by atoms with Crippen LogP contribution in [0.25, 0.3) is 0 Å². The summed E-state index contributed by atoms with van der Waals surface area (Å²) in [5, 5.41) is 4.53. The van der Waals surface area contributed by atoms with Crippen LogP contribution in [-0.2, 0) is 6.54 Å². The van der Waals surface area contributed by atoms with E-state index in [-0.39, 0.29) is 5.11 Å². The molecule has 5 nitrogen and oxygen atoms in total. The van der Waals surface area contributed by atoms with Gasteiger partial charge in [0, 0.05) is 0 Å². The van der Waals surface area contributed by atoms with Gasteiger partial charge in [0.15, 0.2) is 5.11 Å². The van der Waals surface area contributed by atoms with Crippen molar-refractivity contribution in [1.29, 1.82) is 5.53 Å². The highest BCUT2D eigenvalue weighted by molar-refractivity contribution is 7.80. The van der Waals surface area contributed by atoms with Crippen molar-refractivity contribution in [2.75, 3.05) is 7.11 Å². The lowest BCUT2D eigenvalue weighted by Crippen LogP contribution is -2.29. The molecule has 0 aliphatic carbocycles. The second-order valence-corrected chi connectivity index (χ2v) is 3.26. The average molecular weight is 224 g/mol. The molecule has 0 aliphatic heterocycles. The summed E-state index contributed by atoms with van der Waals surface area (Å²) in [4.78, 5) is 0. The zero-order valence-electron chi connectivity index (χ0n) is 8.30. The standard InChI is InChI=1S/C9H12N4OS/c1-14-8-4-2-7(3-5-8)6-13(12-11)9(10)15/h2-5,11H,6H2,1H3,(H2,10,15). The molecule has 0 bridgehead atoms. The Morgan fingerprint density at radius 3 is 2.53 bits per heavy atom. The predicted octanol–water partition coefficient (Wildman–Crippen LogP) is 1.69. The van der Waals surface area contributed by atoms with Gasteiger partial charge in [-0.05, 0) is 29.9 Å². The number of ether oxygens (including phenoxy) is 1. The van der Waals surface area contributed by atoms with Gasteiger partial charge in [-0.1, -0.05) is 17.4 Å². The van der Waals surface area contributed by atoms with E-state index in [2.05, 4.69) is 5.22 Å². The highest BCUT2D eigenvalue weighted by atomic mass is 32.1. The molecule has 0 amide bonds.